The summed E-state index contributed by atoms with van der Waals surface area (Å²) in [4.78, 5) is 12.2. The highest BCUT2D eigenvalue weighted by molar-refractivity contribution is 7.89. The zero-order valence-electron chi connectivity index (χ0n) is 14.5. The molecule has 1 saturated heterocycles. The fraction of sp³-hybridized carbons (Fsp3) is 0.294. The van der Waals surface area contributed by atoms with Gasteiger partial charge in [0.2, 0.25) is 10.0 Å². The Labute approximate surface area is 162 Å². The van der Waals surface area contributed by atoms with Gasteiger partial charge in [0.15, 0.2) is 4.90 Å². The summed E-state index contributed by atoms with van der Waals surface area (Å²) >= 11 is 5.88. The van der Waals surface area contributed by atoms with Gasteiger partial charge in [-0.1, -0.05) is 23.7 Å². The van der Waals surface area contributed by atoms with Crippen molar-refractivity contribution in [3.63, 3.8) is 0 Å². The highest BCUT2D eigenvalue weighted by Crippen LogP contribution is 2.32. The number of piperazine rings is 1. The van der Waals surface area contributed by atoms with Gasteiger partial charge in [-0.15, -0.1) is 0 Å². The van der Waals surface area contributed by atoms with Crippen molar-refractivity contribution < 1.29 is 18.1 Å². The van der Waals surface area contributed by atoms with E-state index in [4.69, 9.17) is 16.3 Å². The molecule has 8 nitrogen and oxygen atoms in total. The maximum Gasteiger partial charge on any atom is 0.289 e. The predicted octanol–water partition coefficient (Wildman–Crippen LogP) is 2.77. The normalized spacial score (nSPS) is 15.6. The largest absolute Gasteiger partial charge is 0.495 e. The van der Waals surface area contributed by atoms with Crippen LogP contribution in [0.2, 0.25) is 5.02 Å². The molecular formula is C17H18ClN3O5S. The average Bonchev–Trinajstić information content (AvgIpc) is 2.67. The number of nitro benzene ring substituents is 1. The molecule has 0 N–H and O–H groups in total. The van der Waals surface area contributed by atoms with Crippen LogP contribution in [-0.2, 0) is 10.0 Å². The van der Waals surface area contributed by atoms with Crippen LogP contribution in [0.1, 0.15) is 0 Å². The Hall–Kier alpha value is -2.36. The molecular weight excluding hydrogens is 394 g/mol. The first-order chi connectivity index (χ1) is 12.8. The van der Waals surface area contributed by atoms with Crippen LogP contribution in [0, 0.1) is 10.1 Å². The maximum absolute atomic E-state index is 13.0. The molecule has 0 saturated carbocycles. The molecule has 0 aliphatic carbocycles. The van der Waals surface area contributed by atoms with Gasteiger partial charge in [-0.3, -0.25) is 10.1 Å². The Morgan fingerprint density at radius 1 is 1.11 bits per heavy atom. The molecule has 1 heterocycles. The van der Waals surface area contributed by atoms with E-state index in [0.29, 0.717) is 18.8 Å². The SMILES string of the molecule is COc1ccccc1N1CCN(S(=O)(=O)c2cc(Cl)ccc2[N+](=O)[O-])CC1. The fourth-order valence-electron chi connectivity index (χ4n) is 3.04. The van der Waals surface area contributed by atoms with E-state index in [-0.39, 0.29) is 23.0 Å². The first-order valence-electron chi connectivity index (χ1n) is 8.16. The number of methoxy groups -OCH3 is 1. The Morgan fingerprint density at radius 2 is 1.78 bits per heavy atom. The van der Waals surface area contributed by atoms with Gasteiger partial charge in [0, 0.05) is 37.3 Å². The number of rotatable bonds is 5. The molecule has 1 aliphatic rings. The lowest BCUT2D eigenvalue weighted by Gasteiger charge is -2.35. The third kappa shape index (κ3) is 3.85. The molecule has 1 aliphatic heterocycles. The van der Waals surface area contributed by atoms with Crippen LogP contribution in [0.4, 0.5) is 11.4 Å². The van der Waals surface area contributed by atoms with Gasteiger partial charge in [0.25, 0.3) is 5.69 Å². The maximum atomic E-state index is 13.0. The summed E-state index contributed by atoms with van der Waals surface area (Å²) in [6.45, 7) is 1.27. The van der Waals surface area contributed by atoms with Crippen molar-refractivity contribution in [3.05, 3.63) is 57.6 Å². The Kier molecular flexibility index (Phi) is 5.54. The van der Waals surface area contributed by atoms with Crippen molar-refractivity contribution in [1.29, 1.82) is 0 Å². The number of benzene rings is 2. The second-order valence-corrected chi connectivity index (χ2v) is 8.27. The summed E-state index contributed by atoms with van der Waals surface area (Å²) in [5, 5.41) is 11.4. The van der Waals surface area contributed by atoms with Crippen molar-refractivity contribution >= 4 is 33.0 Å². The Bertz CT molecular complexity index is 959. The highest BCUT2D eigenvalue weighted by Gasteiger charge is 2.34. The number of nitro groups is 1. The standard InChI is InChI=1S/C17H18ClN3O5S/c1-26-16-5-3-2-4-14(16)19-8-10-20(11-9-19)27(24,25)17-12-13(18)6-7-15(17)21(22)23/h2-7,12H,8-11H2,1H3. The smallest absolute Gasteiger partial charge is 0.289 e. The number of halogens is 1. The molecule has 144 valence electrons. The van der Waals surface area contributed by atoms with Gasteiger partial charge in [-0.25, -0.2) is 8.42 Å². The van der Waals surface area contributed by atoms with E-state index < -0.39 is 20.6 Å². The molecule has 0 amide bonds. The molecule has 0 bridgehead atoms. The van der Waals surface area contributed by atoms with Gasteiger partial charge < -0.3 is 9.64 Å². The van der Waals surface area contributed by atoms with E-state index >= 15 is 0 Å². The monoisotopic (exact) mass is 411 g/mol. The molecule has 0 radical (unpaired) electrons. The van der Waals surface area contributed by atoms with Crippen molar-refractivity contribution in [2.24, 2.45) is 0 Å². The van der Waals surface area contributed by atoms with Crippen LogP contribution in [0.25, 0.3) is 0 Å². The third-order valence-electron chi connectivity index (χ3n) is 4.40. The lowest BCUT2D eigenvalue weighted by molar-refractivity contribution is -0.387. The molecule has 0 atom stereocenters. The lowest BCUT2D eigenvalue weighted by atomic mass is 10.2. The average molecular weight is 412 g/mol. The molecule has 2 aromatic rings. The van der Waals surface area contributed by atoms with Crippen LogP contribution in [0.15, 0.2) is 47.4 Å². The van der Waals surface area contributed by atoms with Crippen molar-refractivity contribution in [2.75, 3.05) is 38.2 Å². The van der Waals surface area contributed by atoms with Gasteiger partial charge in [0.05, 0.1) is 17.7 Å². The number of para-hydroxylation sites is 2. The summed E-state index contributed by atoms with van der Waals surface area (Å²) in [5.41, 5.74) is 0.400. The van der Waals surface area contributed by atoms with E-state index in [9.17, 15) is 18.5 Å². The molecule has 0 aromatic heterocycles. The fourth-order valence-corrected chi connectivity index (χ4v) is 4.89. The molecule has 2 aromatic carbocycles. The van der Waals surface area contributed by atoms with Crippen LogP contribution < -0.4 is 9.64 Å². The summed E-state index contributed by atoms with van der Waals surface area (Å²) in [6.07, 6.45) is 0. The minimum Gasteiger partial charge on any atom is -0.495 e. The lowest BCUT2D eigenvalue weighted by Crippen LogP contribution is -2.48. The van der Waals surface area contributed by atoms with Crippen molar-refractivity contribution in [3.8, 4) is 5.75 Å². The zero-order chi connectivity index (χ0) is 19.6. The zero-order valence-corrected chi connectivity index (χ0v) is 16.1. The minimum absolute atomic E-state index is 0.131. The summed E-state index contributed by atoms with van der Waals surface area (Å²) in [6, 6.07) is 11.0. The first-order valence-corrected chi connectivity index (χ1v) is 9.98. The van der Waals surface area contributed by atoms with E-state index in [0.717, 1.165) is 17.8 Å². The summed E-state index contributed by atoms with van der Waals surface area (Å²) in [7, 11) is -2.45. The van der Waals surface area contributed by atoms with E-state index in [1.807, 2.05) is 29.2 Å². The van der Waals surface area contributed by atoms with E-state index in [1.54, 1.807) is 7.11 Å². The van der Waals surface area contributed by atoms with E-state index in [2.05, 4.69) is 0 Å². The summed E-state index contributed by atoms with van der Waals surface area (Å²) in [5.74, 6) is 0.708. The number of ether oxygens (including phenoxy) is 1. The molecule has 0 unspecified atom stereocenters. The molecule has 1 fully saturated rings. The van der Waals surface area contributed by atoms with E-state index in [1.165, 1.54) is 10.4 Å². The van der Waals surface area contributed by atoms with Gasteiger partial charge in [0.1, 0.15) is 5.75 Å². The minimum atomic E-state index is -4.03. The van der Waals surface area contributed by atoms with Crippen molar-refractivity contribution in [2.45, 2.75) is 4.90 Å². The quantitative estimate of drug-likeness (QED) is 0.554. The summed E-state index contributed by atoms with van der Waals surface area (Å²) < 4.78 is 32.5. The van der Waals surface area contributed by atoms with Crippen LogP contribution in [0.5, 0.6) is 5.75 Å². The number of hydrogen-bond donors (Lipinski definition) is 0. The second kappa shape index (κ2) is 7.71. The Balaban J connectivity index is 1.84. The number of nitrogens with zero attached hydrogens (tertiary/aromatic N) is 3. The second-order valence-electron chi connectivity index (χ2n) is 5.93. The van der Waals surface area contributed by atoms with Crippen LogP contribution >= 0.6 is 11.6 Å². The Morgan fingerprint density at radius 3 is 2.41 bits per heavy atom. The van der Waals surface area contributed by atoms with Gasteiger partial charge in [-0.2, -0.15) is 4.31 Å². The molecule has 3 rings (SSSR count). The topological polar surface area (TPSA) is 93.0 Å². The molecule has 0 spiro atoms. The number of anilines is 1. The third-order valence-corrected chi connectivity index (χ3v) is 6.56. The molecule has 27 heavy (non-hydrogen) atoms. The highest BCUT2D eigenvalue weighted by atomic mass is 35.5. The van der Waals surface area contributed by atoms with Gasteiger partial charge in [-0.05, 0) is 24.3 Å². The van der Waals surface area contributed by atoms with Crippen LogP contribution in [0.3, 0.4) is 0 Å². The number of sulfonamides is 1. The predicted molar refractivity (Wildman–Crippen MR) is 102 cm³/mol. The van der Waals surface area contributed by atoms with Gasteiger partial charge >= 0.3 is 0 Å². The number of hydrogen-bond acceptors (Lipinski definition) is 6. The first kappa shape index (κ1) is 19.4. The van der Waals surface area contributed by atoms with Crippen molar-refractivity contribution in [1.82, 2.24) is 4.31 Å². The van der Waals surface area contributed by atoms with Crippen LogP contribution in [-0.4, -0.2) is 50.9 Å². The molecule has 10 heteroatoms.